The summed E-state index contributed by atoms with van der Waals surface area (Å²) in [6.07, 6.45) is -7.34. The Balaban J connectivity index is 1.78. The number of alkyl halides is 3. The van der Waals surface area contributed by atoms with Gasteiger partial charge in [0.05, 0.1) is 18.8 Å². The molecule has 1 aromatic carbocycles. The third-order valence-corrected chi connectivity index (χ3v) is 6.22. The Morgan fingerprint density at radius 1 is 1.19 bits per heavy atom. The highest BCUT2D eigenvalue weighted by atomic mass is 32.2. The molecule has 0 bridgehead atoms. The standard InChI is InChI=1S/C17H16F3N3O7S/c18-17(19,20)14(24)13-9-22(5-6-31(13,28)29)10-1-3-11(4-2-10)23-8-12(30-16(23)27)7-21-15(25)26/h1-4,9,12,21H,5-8H2,(H,25,26)/t12-/m0/s1. The zero-order valence-corrected chi connectivity index (χ0v) is 16.4. The Morgan fingerprint density at radius 3 is 2.39 bits per heavy atom. The van der Waals surface area contributed by atoms with Crippen LogP contribution in [0.2, 0.25) is 0 Å². The first-order chi connectivity index (χ1) is 14.4. The minimum absolute atomic E-state index is 0.0740. The second-order valence-electron chi connectivity index (χ2n) is 6.65. The van der Waals surface area contributed by atoms with Gasteiger partial charge in [0, 0.05) is 24.1 Å². The topological polar surface area (TPSA) is 133 Å². The normalized spacial score (nSPS) is 20.8. The maximum atomic E-state index is 12.7. The number of ketones is 1. The minimum atomic E-state index is -5.33. The summed E-state index contributed by atoms with van der Waals surface area (Å²) in [4.78, 5) is 35.2. The van der Waals surface area contributed by atoms with E-state index < -0.39 is 50.7 Å². The number of cyclic esters (lactones) is 1. The molecule has 2 heterocycles. The second kappa shape index (κ2) is 8.09. The molecule has 0 aliphatic carbocycles. The Hall–Kier alpha value is -3.29. The van der Waals surface area contributed by atoms with Crippen LogP contribution in [0.25, 0.3) is 0 Å². The van der Waals surface area contributed by atoms with Gasteiger partial charge in [0.25, 0.3) is 5.78 Å². The number of benzene rings is 1. The smallest absolute Gasteiger partial charge is 0.455 e. The predicted molar refractivity (Wildman–Crippen MR) is 100 cm³/mol. The number of carbonyl (C=O) groups is 3. The highest BCUT2D eigenvalue weighted by Crippen LogP contribution is 2.30. The number of rotatable bonds is 5. The number of carboxylic acid groups (broad SMARTS) is 1. The highest BCUT2D eigenvalue weighted by molar-refractivity contribution is 7.96. The zero-order valence-electron chi connectivity index (χ0n) is 15.6. The number of nitrogens with one attached hydrogen (secondary N) is 1. The van der Waals surface area contributed by atoms with Crippen molar-refractivity contribution in [1.82, 2.24) is 5.32 Å². The number of carbonyl (C=O) groups excluding carboxylic acids is 2. The molecule has 2 aliphatic heterocycles. The fourth-order valence-electron chi connectivity index (χ4n) is 3.02. The number of Topliss-reactive ketones (excluding diaryl/α,β-unsaturated/α-hetero) is 1. The van der Waals surface area contributed by atoms with Crippen LogP contribution in [0.15, 0.2) is 35.4 Å². The Bertz CT molecular complexity index is 1040. The maximum Gasteiger partial charge on any atom is 0.455 e. The van der Waals surface area contributed by atoms with Gasteiger partial charge in [-0.1, -0.05) is 0 Å². The molecular weight excluding hydrogens is 447 g/mol. The molecular formula is C17H16F3N3O7S. The van der Waals surface area contributed by atoms with Crippen LogP contribution < -0.4 is 15.1 Å². The molecule has 1 atom stereocenters. The van der Waals surface area contributed by atoms with Crippen molar-refractivity contribution >= 4 is 39.2 Å². The lowest BCUT2D eigenvalue weighted by Crippen LogP contribution is -2.38. The summed E-state index contributed by atoms with van der Waals surface area (Å²) in [6, 6.07) is 5.81. The first-order valence-electron chi connectivity index (χ1n) is 8.76. The van der Waals surface area contributed by atoms with Gasteiger partial charge in [-0.3, -0.25) is 9.69 Å². The number of allylic oxidation sites excluding steroid dienone is 1. The van der Waals surface area contributed by atoms with E-state index in [4.69, 9.17) is 9.84 Å². The monoisotopic (exact) mass is 463 g/mol. The molecule has 0 unspecified atom stereocenters. The molecule has 0 spiro atoms. The van der Waals surface area contributed by atoms with Crippen molar-refractivity contribution in [2.45, 2.75) is 12.3 Å². The number of sulfone groups is 1. The summed E-state index contributed by atoms with van der Waals surface area (Å²) in [6.45, 7) is -0.186. The van der Waals surface area contributed by atoms with E-state index in [-0.39, 0.29) is 19.6 Å². The van der Waals surface area contributed by atoms with Crippen molar-refractivity contribution in [3.8, 4) is 0 Å². The van der Waals surface area contributed by atoms with Gasteiger partial charge in [0.1, 0.15) is 11.0 Å². The number of halogens is 3. The van der Waals surface area contributed by atoms with Crippen LogP contribution in [-0.4, -0.2) is 69.2 Å². The average Bonchev–Trinajstić information content (AvgIpc) is 3.06. The molecule has 2 aliphatic rings. The van der Waals surface area contributed by atoms with Crippen molar-refractivity contribution in [3.05, 3.63) is 35.4 Å². The van der Waals surface area contributed by atoms with E-state index in [0.717, 1.165) is 0 Å². The molecule has 10 nitrogen and oxygen atoms in total. The first-order valence-corrected chi connectivity index (χ1v) is 10.4. The molecule has 1 aromatic rings. The number of nitrogens with zero attached hydrogens (tertiary/aromatic N) is 2. The molecule has 2 N–H and O–H groups in total. The minimum Gasteiger partial charge on any atom is -0.465 e. The van der Waals surface area contributed by atoms with Gasteiger partial charge in [-0.2, -0.15) is 13.2 Å². The molecule has 168 valence electrons. The van der Waals surface area contributed by atoms with Gasteiger partial charge in [-0.15, -0.1) is 0 Å². The summed E-state index contributed by atoms with van der Waals surface area (Å²) >= 11 is 0. The van der Waals surface area contributed by atoms with Crippen molar-refractivity contribution in [3.63, 3.8) is 0 Å². The van der Waals surface area contributed by atoms with Crippen LogP contribution in [0.4, 0.5) is 34.1 Å². The van der Waals surface area contributed by atoms with Crippen molar-refractivity contribution in [2.24, 2.45) is 0 Å². The number of anilines is 2. The third kappa shape index (κ3) is 4.90. The zero-order chi connectivity index (χ0) is 23.0. The molecule has 31 heavy (non-hydrogen) atoms. The number of hydrogen-bond acceptors (Lipinski definition) is 7. The lowest BCUT2D eigenvalue weighted by atomic mass is 10.2. The Morgan fingerprint density at radius 2 is 1.81 bits per heavy atom. The van der Waals surface area contributed by atoms with E-state index in [1.807, 2.05) is 0 Å². The van der Waals surface area contributed by atoms with Crippen molar-refractivity contribution in [2.75, 3.05) is 35.2 Å². The summed E-state index contributed by atoms with van der Waals surface area (Å²) in [5, 5.41) is 10.7. The van der Waals surface area contributed by atoms with Gasteiger partial charge in [0.2, 0.25) is 0 Å². The fourth-order valence-corrected chi connectivity index (χ4v) is 4.36. The van der Waals surface area contributed by atoms with Crippen molar-refractivity contribution in [1.29, 1.82) is 0 Å². The summed E-state index contributed by atoms with van der Waals surface area (Å²) < 4.78 is 67.1. The van der Waals surface area contributed by atoms with Crippen LogP contribution in [0, 0.1) is 0 Å². The van der Waals surface area contributed by atoms with Gasteiger partial charge in [0.15, 0.2) is 9.84 Å². The molecule has 0 radical (unpaired) electrons. The Labute approximate surface area is 173 Å². The quantitative estimate of drug-likeness (QED) is 0.671. The van der Waals surface area contributed by atoms with E-state index in [2.05, 4.69) is 5.32 Å². The summed E-state index contributed by atoms with van der Waals surface area (Å²) in [5.41, 5.74) is 0.689. The van der Waals surface area contributed by atoms with Crippen LogP contribution in [-0.2, 0) is 19.4 Å². The van der Waals surface area contributed by atoms with Gasteiger partial charge >= 0.3 is 18.4 Å². The van der Waals surface area contributed by atoms with Crippen LogP contribution in [0.1, 0.15) is 0 Å². The van der Waals surface area contributed by atoms with E-state index in [0.29, 0.717) is 17.6 Å². The largest absolute Gasteiger partial charge is 0.465 e. The molecule has 1 fully saturated rings. The van der Waals surface area contributed by atoms with E-state index >= 15 is 0 Å². The van der Waals surface area contributed by atoms with Crippen LogP contribution in [0.5, 0.6) is 0 Å². The lowest BCUT2D eigenvalue weighted by molar-refractivity contribution is -0.165. The molecule has 3 rings (SSSR count). The summed E-state index contributed by atoms with van der Waals surface area (Å²) in [7, 11) is -4.36. The molecule has 0 aromatic heterocycles. The SMILES string of the molecule is O=C(O)NC[C@H]1CN(c2ccc(N3C=C(C(=O)C(F)(F)F)S(=O)(=O)CC3)cc2)C(=O)O1. The van der Waals surface area contributed by atoms with E-state index in [1.54, 1.807) is 0 Å². The third-order valence-electron chi connectivity index (χ3n) is 4.54. The first kappa shape index (κ1) is 22.4. The van der Waals surface area contributed by atoms with Gasteiger partial charge in [-0.25, -0.2) is 18.0 Å². The van der Waals surface area contributed by atoms with Crippen LogP contribution >= 0.6 is 0 Å². The van der Waals surface area contributed by atoms with Crippen LogP contribution in [0.3, 0.4) is 0 Å². The molecule has 1 saturated heterocycles. The molecule has 0 saturated carbocycles. The van der Waals surface area contributed by atoms with E-state index in [1.165, 1.54) is 34.1 Å². The molecule has 2 amide bonds. The molecule has 14 heteroatoms. The maximum absolute atomic E-state index is 12.7. The highest BCUT2D eigenvalue weighted by Gasteiger charge is 2.46. The summed E-state index contributed by atoms with van der Waals surface area (Å²) in [5.74, 6) is -3.10. The Kier molecular flexibility index (Phi) is 5.85. The second-order valence-corrected chi connectivity index (χ2v) is 8.73. The van der Waals surface area contributed by atoms with Gasteiger partial charge in [-0.05, 0) is 24.3 Å². The lowest BCUT2D eigenvalue weighted by Gasteiger charge is -2.27. The number of hydrogen-bond donors (Lipinski definition) is 2. The fraction of sp³-hybridized carbons (Fsp3) is 0.353. The number of amides is 2. The van der Waals surface area contributed by atoms with Gasteiger partial charge < -0.3 is 20.1 Å². The van der Waals surface area contributed by atoms with E-state index in [9.17, 15) is 36.0 Å². The predicted octanol–water partition coefficient (Wildman–Crippen LogP) is 1.49. The number of ether oxygens (including phenoxy) is 1. The average molecular weight is 463 g/mol. The van der Waals surface area contributed by atoms with Crippen molar-refractivity contribution < 1.29 is 45.8 Å².